The molecule has 1 aliphatic heterocycles. The molecule has 0 radical (unpaired) electrons. The van der Waals surface area contributed by atoms with Gasteiger partial charge in [-0.2, -0.15) is 0 Å². The van der Waals surface area contributed by atoms with Crippen LogP contribution in [-0.4, -0.2) is 19.6 Å². The van der Waals surface area contributed by atoms with E-state index in [1.807, 2.05) is 0 Å². The van der Waals surface area contributed by atoms with Crippen LogP contribution < -0.4 is 4.90 Å². The lowest BCUT2D eigenvalue weighted by Gasteiger charge is -2.33. The van der Waals surface area contributed by atoms with Crippen LogP contribution in [0.4, 0.5) is 5.69 Å². The highest BCUT2D eigenvalue weighted by Gasteiger charge is 2.25. The molecule has 0 saturated carbocycles. The molecule has 0 N–H and O–H groups in total. The van der Waals surface area contributed by atoms with Crippen LogP contribution >= 0.6 is 12.6 Å². The quantitative estimate of drug-likeness (QED) is 0.668. The van der Waals surface area contributed by atoms with Gasteiger partial charge in [-0.05, 0) is 44.7 Å². The van der Waals surface area contributed by atoms with E-state index in [1.165, 1.54) is 23.8 Å². The van der Waals surface area contributed by atoms with Crippen LogP contribution in [0.25, 0.3) is 0 Å². The molecule has 4 heteroatoms. The third-order valence-corrected chi connectivity index (χ3v) is 4.18. The Morgan fingerprint density at radius 2 is 1.85 bits per heavy atom. The van der Waals surface area contributed by atoms with Crippen molar-refractivity contribution in [2.75, 3.05) is 18.6 Å². The Kier molecular flexibility index (Phi) is 4.43. The normalized spacial score (nSPS) is 15.6. The Bertz CT molecular complexity index is 555. The van der Waals surface area contributed by atoms with Gasteiger partial charge in [0, 0.05) is 12.2 Å². The highest BCUT2D eigenvalue weighted by atomic mass is 32.1. The van der Waals surface area contributed by atoms with Crippen molar-refractivity contribution >= 4 is 24.3 Å². The Morgan fingerprint density at radius 1 is 1.25 bits per heavy atom. The lowest BCUT2D eigenvalue weighted by Crippen LogP contribution is -2.30. The molecule has 20 heavy (non-hydrogen) atoms. The molecule has 1 aromatic carbocycles. The number of esters is 1. The largest absolute Gasteiger partial charge is 0.466 e. The van der Waals surface area contributed by atoms with E-state index in [2.05, 4.69) is 50.4 Å². The van der Waals surface area contributed by atoms with Gasteiger partial charge in [-0.25, -0.2) is 4.79 Å². The van der Waals surface area contributed by atoms with E-state index in [-0.39, 0.29) is 5.97 Å². The van der Waals surface area contributed by atoms with E-state index in [0.717, 1.165) is 30.1 Å². The number of thiol groups is 1. The third kappa shape index (κ3) is 2.70. The average molecular weight is 291 g/mol. The van der Waals surface area contributed by atoms with Crippen LogP contribution in [0.2, 0.25) is 0 Å². The van der Waals surface area contributed by atoms with Crippen molar-refractivity contribution in [2.24, 2.45) is 0 Å². The summed E-state index contributed by atoms with van der Waals surface area (Å²) in [5.74, 6) is -0.276. The summed E-state index contributed by atoms with van der Waals surface area (Å²) in [4.78, 5) is 14.0. The minimum atomic E-state index is -0.276. The van der Waals surface area contributed by atoms with Gasteiger partial charge in [0.15, 0.2) is 0 Å². The first-order valence-corrected chi connectivity index (χ1v) is 7.26. The fourth-order valence-electron chi connectivity index (χ4n) is 2.93. The maximum absolute atomic E-state index is 11.8. The van der Waals surface area contributed by atoms with Crippen LogP contribution in [0.15, 0.2) is 22.7 Å². The lowest BCUT2D eigenvalue weighted by atomic mass is 10.0. The van der Waals surface area contributed by atoms with Crippen LogP contribution in [0.1, 0.15) is 29.5 Å². The number of nitrogens with zero attached hydrogens (tertiary/aromatic N) is 1. The fraction of sp³-hybridized carbons (Fsp3) is 0.438. The lowest BCUT2D eigenvalue weighted by molar-refractivity contribution is -0.136. The van der Waals surface area contributed by atoms with Crippen molar-refractivity contribution in [1.29, 1.82) is 0 Å². The summed E-state index contributed by atoms with van der Waals surface area (Å²) in [6.45, 7) is 7.17. The van der Waals surface area contributed by atoms with E-state index in [1.54, 1.807) is 0 Å². The topological polar surface area (TPSA) is 29.5 Å². The highest BCUT2D eigenvalue weighted by molar-refractivity contribution is 7.84. The number of rotatable bonds is 2. The van der Waals surface area contributed by atoms with E-state index in [0.29, 0.717) is 5.57 Å². The molecular formula is C16H21NO2S. The summed E-state index contributed by atoms with van der Waals surface area (Å²) in [5, 5.41) is 0.721. The molecule has 108 valence electrons. The van der Waals surface area contributed by atoms with Gasteiger partial charge in [-0.3, -0.25) is 0 Å². The summed E-state index contributed by atoms with van der Waals surface area (Å²) in [6, 6.07) is 4.33. The molecule has 0 spiro atoms. The van der Waals surface area contributed by atoms with Gasteiger partial charge in [-0.1, -0.05) is 17.7 Å². The fourth-order valence-corrected chi connectivity index (χ4v) is 3.33. The maximum atomic E-state index is 11.8. The molecule has 1 heterocycles. The molecule has 1 aliphatic rings. The predicted molar refractivity (Wildman–Crippen MR) is 85.3 cm³/mol. The van der Waals surface area contributed by atoms with Gasteiger partial charge in [0.1, 0.15) is 0 Å². The summed E-state index contributed by atoms with van der Waals surface area (Å²) in [7, 11) is 1.41. The first kappa shape index (κ1) is 15.0. The Balaban J connectivity index is 2.50. The van der Waals surface area contributed by atoms with Crippen molar-refractivity contribution in [1.82, 2.24) is 0 Å². The molecule has 0 fully saturated rings. The molecule has 0 amide bonds. The molecule has 0 unspecified atom stereocenters. The van der Waals surface area contributed by atoms with Gasteiger partial charge in [-0.15, -0.1) is 12.6 Å². The number of benzene rings is 1. The Morgan fingerprint density at radius 3 is 2.40 bits per heavy atom. The first-order valence-electron chi connectivity index (χ1n) is 6.81. The predicted octanol–water partition coefficient (Wildman–Crippen LogP) is 3.53. The standard InChI is InChI=1S/C16H21NO2S/c1-10-8-11(2)14(12(3)9-10)17-7-5-6-13(15(17)20)16(18)19-4/h8-9,20H,5-7H2,1-4H3. The summed E-state index contributed by atoms with van der Waals surface area (Å²) >= 11 is 4.58. The molecule has 1 aromatic rings. The van der Waals surface area contributed by atoms with Crippen LogP contribution in [0.3, 0.4) is 0 Å². The number of carbonyl (C=O) groups excluding carboxylic acids is 1. The minimum Gasteiger partial charge on any atom is -0.466 e. The van der Waals surface area contributed by atoms with Crippen LogP contribution in [0, 0.1) is 20.8 Å². The molecule has 2 rings (SSSR count). The molecule has 0 aliphatic carbocycles. The molecule has 0 bridgehead atoms. The first-order chi connectivity index (χ1) is 9.45. The Labute approximate surface area is 126 Å². The van der Waals surface area contributed by atoms with Crippen molar-refractivity contribution in [2.45, 2.75) is 33.6 Å². The second-order valence-corrected chi connectivity index (χ2v) is 5.72. The maximum Gasteiger partial charge on any atom is 0.336 e. The van der Waals surface area contributed by atoms with Gasteiger partial charge in [0.05, 0.1) is 17.7 Å². The summed E-state index contributed by atoms with van der Waals surface area (Å²) in [5.41, 5.74) is 5.49. The monoisotopic (exact) mass is 291 g/mol. The second-order valence-electron chi connectivity index (χ2n) is 5.30. The van der Waals surface area contributed by atoms with Crippen molar-refractivity contribution < 1.29 is 9.53 Å². The SMILES string of the molecule is COC(=O)C1=C(S)N(c2c(C)cc(C)cc2C)CCC1. The van der Waals surface area contributed by atoms with Crippen molar-refractivity contribution in [3.63, 3.8) is 0 Å². The number of ether oxygens (including phenoxy) is 1. The van der Waals surface area contributed by atoms with Crippen molar-refractivity contribution in [3.05, 3.63) is 39.4 Å². The molecule has 0 atom stereocenters. The average Bonchev–Trinajstić information content (AvgIpc) is 2.38. The van der Waals surface area contributed by atoms with E-state index < -0.39 is 0 Å². The van der Waals surface area contributed by atoms with E-state index >= 15 is 0 Å². The third-order valence-electron chi connectivity index (χ3n) is 3.67. The molecule has 3 nitrogen and oxygen atoms in total. The molecule has 0 saturated heterocycles. The Hall–Kier alpha value is -1.42. The van der Waals surface area contributed by atoms with E-state index in [4.69, 9.17) is 4.74 Å². The number of hydrogen-bond acceptors (Lipinski definition) is 4. The smallest absolute Gasteiger partial charge is 0.336 e. The van der Waals surface area contributed by atoms with Gasteiger partial charge in [0.25, 0.3) is 0 Å². The molecule has 0 aromatic heterocycles. The number of methoxy groups -OCH3 is 1. The van der Waals surface area contributed by atoms with Gasteiger partial charge in [0.2, 0.25) is 0 Å². The minimum absolute atomic E-state index is 0.276. The zero-order chi connectivity index (χ0) is 14.9. The summed E-state index contributed by atoms with van der Waals surface area (Å²) in [6.07, 6.45) is 1.66. The number of anilines is 1. The van der Waals surface area contributed by atoms with Crippen LogP contribution in [0.5, 0.6) is 0 Å². The number of hydrogen-bond donors (Lipinski definition) is 1. The zero-order valence-electron chi connectivity index (χ0n) is 12.5. The highest BCUT2D eigenvalue weighted by Crippen LogP contribution is 2.35. The molecular weight excluding hydrogens is 270 g/mol. The summed E-state index contributed by atoms with van der Waals surface area (Å²) < 4.78 is 4.85. The second kappa shape index (κ2) is 5.92. The number of carbonyl (C=O) groups is 1. The van der Waals surface area contributed by atoms with Crippen LogP contribution in [-0.2, 0) is 9.53 Å². The zero-order valence-corrected chi connectivity index (χ0v) is 13.4. The van der Waals surface area contributed by atoms with Gasteiger partial charge >= 0.3 is 5.97 Å². The van der Waals surface area contributed by atoms with E-state index in [9.17, 15) is 4.79 Å². The van der Waals surface area contributed by atoms with Crippen molar-refractivity contribution in [3.8, 4) is 0 Å². The van der Waals surface area contributed by atoms with Gasteiger partial charge < -0.3 is 9.64 Å². The number of aryl methyl sites for hydroxylation is 3.